The number of nitrogen functional groups attached to an aromatic ring is 1. The van der Waals surface area contributed by atoms with Crippen LogP contribution in [0.3, 0.4) is 0 Å². The molecule has 4 rings (SSSR count). The van der Waals surface area contributed by atoms with Crippen LogP contribution in [-0.4, -0.2) is 76.2 Å². The summed E-state index contributed by atoms with van der Waals surface area (Å²) in [5.41, 5.74) is 9.20. The van der Waals surface area contributed by atoms with Crippen molar-refractivity contribution in [3.8, 4) is 5.75 Å². The van der Waals surface area contributed by atoms with E-state index >= 15 is 0 Å². The largest absolute Gasteiger partial charge is 0.505 e. The number of fused-ring (bicyclic) bond motifs is 3. The molecule has 0 aliphatic heterocycles. The third-order valence-corrected chi connectivity index (χ3v) is 8.33. The lowest BCUT2D eigenvalue weighted by Crippen LogP contribution is -2.74. The fourth-order valence-electron chi connectivity index (χ4n) is 6.66. The second-order valence-electron chi connectivity index (χ2n) is 10.7. The van der Waals surface area contributed by atoms with E-state index in [1.807, 2.05) is 0 Å². The molecule has 0 heterocycles. The molecule has 0 radical (unpaired) electrons. The Kier molecular flexibility index (Phi) is 6.66. The zero-order valence-corrected chi connectivity index (χ0v) is 21.3. The molecule has 37 heavy (non-hydrogen) atoms. The number of esters is 1. The molecule has 1 amide bonds. The number of nitrogens with zero attached hydrogens (tertiary/aromatic N) is 1. The topological polar surface area (TPSA) is 190 Å². The highest BCUT2D eigenvalue weighted by Crippen LogP contribution is 2.56. The zero-order valence-electron chi connectivity index (χ0n) is 21.3. The van der Waals surface area contributed by atoms with Gasteiger partial charge in [-0.3, -0.25) is 28.9 Å². The minimum Gasteiger partial charge on any atom is -0.505 e. The second-order valence-corrected chi connectivity index (χ2v) is 10.7. The summed E-state index contributed by atoms with van der Waals surface area (Å²) in [7, 11) is 3.11. The molecule has 8 atom stereocenters. The van der Waals surface area contributed by atoms with Gasteiger partial charge in [-0.2, -0.15) is 0 Å². The standard InChI is InChI=1S/C26H33N3O8/c1-5-6-14(30)37-23-15-10(2)11-7-8-13(27)21(32)16(11)22(33)17(15)24(34)26(36)9-12(25(28)35)20(31)19(18(23)26)29(3)4/h7-8,10,12,15,17-19,23,32,36H,5-6,9,27H2,1-4H3,(H2,28,35). The van der Waals surface area contributed by atoms with Crippen molar-refractivity contribution in [2.24, 2.45) is 29.4 Å². The molecule has 3 aliphatic rings. The minimum absolute atomic E-state index is 0.0479. The Labute approximate surface area is 214 Å². The first kappa shape index (κ1) is 26.7. The van der Waals surface area contributed by atoms with Gasteiger partial charge in [0.05, 0.1) is 29.1 Å². The number of phenolic OH excluding ortho intramolecular Hbond substituents is 1. The number of phenols is 1. The number of amides is 1. The van der Waals surface area contributed by atoms with Crippen LogP contribution in [0.2, 0.25) is 0 Å². The first-order valence-corrected chi connectivity index (χ1v) is 12.4. The van der Waals surface area contributed by atoms with Gasteiger partial charge in [0.15, 0.2) is 17.3 Å². The average molecular weight is 516 g/mol. The lowest BCUT2D eigenvalue weighted by molar-refractivity contribution is -0.207. The summed E-state index contributed by atoms with van der Waals surface area (Å²) in [4.78, 5) is 67.8. The summed E-state index contributed by atoms with van der Waals surface area (Å²) >= 11 is 0. The van der Waals surface area contributed by atoms with Crippen LogP contribution in [0, 0.1) is 23.7 Å². The lowest BCUT2D eigenvalue weighted by atomic mass is 9.49. The maximum absolute atomic E-state index is 14.1. The number of ketones is 3. The SMILES string of the molecule is CCCC(=O)OC1C2C(C(=O)c3c(ccc(N)c3O)C2C)C(=O)C2(O)CC(C(N)=O)C(=O)C(N(C)C)C12. The third kappa shape index (κ3) is 3.83. The van der Waals surface area contributed by atoms with E-state index in [0.717, 1.165) is 0 Å². The van der Waals surface area contributed by atoms with E-state index < -0.39 is 88.7 Å². The summed E-state index contributed by atoms with van der Waals surface area (Å²) in [5.74, 6) is -10.1. The smallest absolute Gasteiger partial charge is 0.306 e. The van der Waals surface area contributed by atoms with Crippen molar-refractivity contribution >= 4 is 34.9 Å². The molecule has 2 saturated carbocycles. The van der Waals surface area contributed by atoms with Crippen LogP contribution in [0.5, 0.6) is 5.75 Å². The fraction of sp³-hybridized carbons (Fsp3) is 0.577. The van der Waals surface area contributed by atoms with Gasteiger partial charge in [-0.25, -0.2) is 0 Å². The van der Waals surface area contributed by atoms with Crippen molar-refractivity contribution in [1.82, 2.24) is 4.90 Å². The number of aliphatic hydroxyl groups is 1. The van der Waals surface area contributed by atoms with E-state index in [2.05, 4.69) is 0 Å². The third-order valence-electron chi connectivity index (χ3n) is 8.33. The molecule has 3 aliphatic carbocycles. The number of anilines is 1. The Morgan fingerprint density at radius 3 is 2.43 bits per heavy atom. The van der Waals surface area contributed by atoms with Crippen LogP contribution < -0.4 is 11.5 Å². The molecule has 8 unspecified atom stereocenters. The summed E-state index contributed by atoms with van der Waals surface area (Å²) in [5, 5.41) is 22.6. The highest BCUT2D eigenvalue weighted by Gasteiger charge is 2.70. The van der Waals surface area contributed by atoms with Gasteiger partial charge in [-0.1, -0.05) is 19.9 Å². The van der Waals surface area contributed by atoms with Crippen molar-refractivity contribution in [3.05, 3.63) is 23.3 Å². The Bertz CT molecular complexity index is 1200. The number of ether oxygens (including phenoxy) is 1. The highest BCUT2D eigenvalue weighted by atomic mass is 16.5. The van der Waals surface area contributed by atoms with Crippen LogP contribution in [-0.2, 0) is 23.9 Å². The Balaban J connectivity index is 1.97. The van der Waals surface area contributed by atoms with E-state index in [1.165, 1.54) is 11.0 Å². The van der Waals surface area contributed by atoms with Gasteiger partial charge < -0.3 is 26.4 Å². The van der Waals surface area contributed by atoms with Crippen molar-refractivity contribution in [1.29, 1.82) is 0 Å². The van der Waals surface area contributed by atoms with Crippen molar-refractivity contribution in [2.75, 3.05) is 19.8 Å². The number of benzene rings is 1. The van der Waals surface area contributed by atoms with E-state index in [9.17, 15) is 34.2 Å². The minimum atomic E-state index is -2.37. The summed E-state index contributed by atoms with van der Waals surface area (Å²) in [6.45, 7) is 3.52. The van der Waals surface area contributed by atoms with Gasteiger partial charge >= 0.3 is 5.97 Å². The molecule has 0 saturated heterocycles. The van der Waals surface area contributed by atoms with Crippen molar-refractivity contribution in [2.45, 2.75) is 56.8 Å². The van der Waals surface area contributed by atoms with Crippen LogP contribution in [0.15, 0.2) is 12.1 Å². The van der Waals surface area contributed by atoms with Gasteiger partial charge in [-0.05, 0) is 38.1 Å². The number of likely N-dealkylation sites (N-methyl/N-ethyl adjacent to an activating group) is 1. The summed E-state index contributed by atoms with van der Waals surface area (Å²) in [6.07, 6.45) is -1.33. The monoisotopic (exact) mass is 515 g/mol. The van der Waals surface area contributed by atoms with Gasteiger partial charge in [0.25, 0.3) is 0 Å². The Morgan fingerprint density at radius 2 is 1.86 bits per heavy atom. The van der Waals surface area contributed by atoms with Crippen LogP contribution in [0.1, 0.15) is 54.9 Å². The van der Waals surface area contributed by atoms with Crippen LogP contribution >= 0.6 is 0 Å². The van der Waals surface area contributed by atoms with E-state index in [4.69, 9.17) is 16.2 Å². The number of rotatable bonds is 5. The zero-order chi connectivity index (χ0) is 27.6. The van der Waals surface area contributed by atoms with Crippen molar-refractivity contribution < 1.29 is 38.9 Å². The van der Waals surface area contributed by atoms with Gasteiger partial charge in [0.2, 0.25) is 5.91 Å². The number of hydrogen-bond acceptors (Lipinski definition) is 10. The molecule has 0 aromatic heterocycles. The number of primary amides is 1. The van der Waals surface area contributed by atoms with Gasteiger partial charge in [-0.15, -0.1) is 0 Å². The average Bonchev–Trinajstić information content (AvgIpc) is 2.81. The number of Topliss-reactive ketones (excluding diaryl/α,β-unsaturated/α-hetero) is 3. The summed E-state index contributed by atoms with van der Waals surface area (Å²) in [6, 6.07) is 1.84. The highest BCUT2D eigenvalue weighted by molar-refractivity contribution is 6.18. The second kappa shape index (κ2) is 9.21. The van der Waals surface area contributed by atoms with Crippen molar-refractivity contribution in [3.63, 3.8) is 0 Å². The van der Waals surface area contributed by atoms with Crippen LogP contribution in [0.4, 0.5) is 5.69 Å². The molecule has 2 fully saturated rings. The predicted octanol–water partition coefficient (Wildman–Crippen LogP) is 0.153. The van der Waals surface area contributed by atoms with E-state index in [0.29, 0.717) is 12.0 Å². The predicted molar refractivity (Wildman–Crippen MR) is 130 cm³/mol. The van der Waals surface area contributed by atoms with E-state index in [-0.39, 0.29) is 17.7 Å². The quantitative estimate of drug-likeness (QED) is 0.182. The van der Waals surface area contributed by atoms with Gasteiger partial charge in [0, 0.05) is 18.8 Å². The fourth-order valence-corrected chi connectivity index (χ4v) is 6.66. The molecule has 200 valence electrons. The molecule has 0 bridgehead atoms. The maximum Gasteiger partial charge on any atom is 0.306 e. The Hall–Kier alpha value is -3.31. The molecule has 11 heteroatoms. The molecule has 11 nitrogen and oxygen atoms in total. The molecular weight excluding hydrogens is 482 g/mol. The molecule has 1 aromatic rings. The molecule has 0 spiro atoms. The normalized spacial score (nSPS) is 35.0. The summed E-state index contributed by atoms with van der Waals surface area (Å²) < 4.78 is 5.91. The number of hydrogen-bond donors (Lipinski definition) is 4. The Morgan fingerprint density at radius 1 is 1.22 bits per heavy atom. The molecular formula is C26H33N3O8. The maximum atomic E-state index is 14.1. The van der Waals surface area contributed by atoms with E-state index in [1.54, 1.807) is 34.0 Å². The number of aromatic hydroxyl groups is 1. The first-order chi connectivity index (χ1) is 17.3. The van der Waals surface area contributed by atoms with Gasteiger partial charge in [0.1, 0.15) is 23.4 Å². The lowest BCUT2D eigenvalue weighted by Gasteiger charge is -2.57. The van der Waals surface area contributed by atoms with Crippen LogP contribution in [0.25, 0.3) is 0 Å². The first-order valence-electron chi connectivity index (χ1n) is 12.4. The number of nitrogens with two attached hydrogens (primary N) is 2. The molecule has 6 N–H and O–H groups in total. The number of carbonyl (C=O) groups is 5. The molecule has 1 aromatic carbocycles. The number of carbonyl (C=O) groups excluding carboxylic acids is 5.